The van der Waals surface area contributed by atoms with Crippen LogP contribution in [0, 0.1) is 5.82 Å². The maximum absolute atomic E-state index is 14.5. The fourth-order valence-corrected chi connectivity index (χ4v) is 2.63. The highest BCUT2D eigenvalue weighted by molar-refractivity contribution is 6.05. The highest BCUT2D eigenvalue weighted by atomic mass is 19.1. The summed E-state index contributed by atoms with van der Waals surface area (Å²) in [4.78, 5) is 23.6. The molecule has 0 aliphatic rings. The van der Waals surface area contributed by atoms with Crippen LogP contribution in [0.1, 0.15) is 17.3 Å². The van der Waals surface area contributed by atoms with E-state index in [9.17, 15) is 14.0 Å². The standard InChI is InChI=1S/C22H19FN2O4/c1-14(26)24-16-7-5-6-15(12-16)22(27)25-17-10-11-19(18(23)13-17)29-21-9-4-3-8-20(21)28-2/h3-13H,1-2H3,(H,24,26)(H,25,27). The van der Waals surface area contributed by atoms with E-state index in [2.05, 4.69) is 10.6 Å². The third-order valence-corrected chi connectivity index (χ3v) is 3.92. The van der Waals surface area contributed by atoms with Crippen LogP contribution in [-0.4, -0.2) is 18.9 Å². The summed E-state index contributed by atoms with van der Waals surface area (Å²) in [6.45, 7) is 1.38. The number of hydrogen-bond donors (Lipinski definition) is 2. The van der Waals surface area contributed by atoms with E-state index in [1.54, 1.807) is 42.5 Å². The summed E-state index contributed by atoms with van der Waals surface area (Å²) in [5.41, 5.74) is 1.09. The number of benzene rings is 3. The summed E-state index contributed by atoms with van der Waals surface area (Å²) >= 11 is 0. The second kappa shape index (κ2) is 8.88. The Morgan fingerprint density at radius 3 is 2.24 bits per heavy atom. The van der Waals surface area contributed by atoms with Gasteiger partial charge in [0, 0.05) is 29.9 Å². The summed E-state index contributed by atoms with van der Waals surface area (Å²) in [6.07, 6.45) is 0. The number of hydrogen-bond acceptors (Lipinski definition) is 4. The lowest BCUT2D eigenvalue weighted by Gasteiger charge is -2.12. The van der Waals surface area contributed by atoms with Gasteiger partial charge in [-0.1, -0.05) is 18.2 Å². The molecule has 29 heavy (non-hydrogen) atoms. The summed E-state index contributed by atoms with van der Waals surface area (Å²) in [5.74, 6) is -0.463. The van der Waals surface area contributed by atoms with Crippen molar-refractivity contribution in [3.05, 3.63) is 78.1 Å². The van der Waals surface area contributed by atoms with E-state index in [1.165, 1.54) is 38.3 Å². The van der Waals surface area contributed by atoms with Gasteiger partial charge in [0.15, 0.2) is 23.1 Å². The minimum atomic E-state index is -0.638. The van der Waals surface area contributed by atoms with Crippen LogP contribution in [-0.2, 0) is 4.79 Å². The molecule has 0 unspecified atom stereocenters. The Balaban J connectivity index is 1.73. The minimum Gasteiger partial charge on any atom is -0.493 e. The Morgan fingerprint density at radius 1 is 0.828 bits per heavy atom. The topological polar surface area (TPSA) is 76.7 Å². The number of nitrogens with one attached hydrogen (secondary N) is 2. The van der Waals surface area contributed by atoms with Crippen molar-refractivity contribution in [3.8, 4) is 17.2 Å². The van der Waals surface area contributed by atoms with Gasteiger partial charge in [0.1, 0.15) is 0 Å². The van der Waals surface area contributed by atoms with Crippen molar-refractivity contribution in [2.24, 2.45) is 0 Å². The van der Waals surface area contributed by atoms with Gasteiger partial charge in [0.2, 0.25) is 5.91 Å². The number of ether oxygens (including phenoxy) is 2. The zero-order chi connectivity index (χ0) is 20.8. The molecule has 0 saturated carbocycles. The average molecular weight is 394 g/mol. The van der Waals surface area contributed by atoms with Crippen LogP contribution in [0.5, 0.6) is 17.2 Å². The Hall–Kier alpha value is -3.87. The maximum atomic E-state index is 14.5. The summed E-state index contributed by atoms with van der Waals surface area (Å²) in [6, 6.07) is 17.5. The highest BCUT2D eigenvalue weighted by Crippen LogP contribution is 2.33. The number of rotatable bonds is 6. The van der Waals surface area contributed by atoms with E-state index >= 15 is 0 Å². The van der Waals surface area contributed by atoms with E-state index in [0.717, 1.165) is 0 Å². The van der Waals surface area contributed by atoms with Crippen molar-refractivity contribution in [1.29, 1.82) is 0 Å². The smallest absolute Gasteiger partial charge is 0.255 e. The van der Waals surface area contributed by atoms with E-state index in [-0.39, 0.29) is 17.3 Å². The van der Waals surface area contributed by atoms with Gasteiger partial charge in [0.25, 0.3) is 5.91 Å². The zero-order valence-corrected chi connectivity index (χ0v) is 15.9. The summed E-state index contributed by atoms with van der Waals surface area (Å²) < 4.78 is 25.2. The zero-order valence-electron chi connectivity index (χ0n) is 15.9. The first kappa shape index (κ1) is 19.9. The monoisotopic (exact) mass is 394 g/mol. The molecule has 0 radical (unpaired) electrons. The van der Waals surface area contributed by atoms with Gasteiger partial charge in [-0.15, -0.1) is 0 Å². The number of halogens is 1. The molecule has 3 rings (SSSR count). The second-order valence-electron chi connectivity index (χ2n) is 6.11. The molecule has 2 amide bonds. The predicted molar refractivity (Wildman–Crippen MR) is 108 cm³/mol. The fraction of sp³-hybridized carbons (Fsp3) is 0.0909. The van der Waals surface area contributed by atoms with E-state index < -0.39 is 11.7 Å². The van der Waals surface area contributed by atoms with E-state index in [1.807, 2.05) is 0 Å². The van der Waals surface area contributed by atoms with E-state index in [4.69, 9.17) is 9.47 Å². The number of carbonyl (C=O) groups is 2. The Morgan fingerprint density at radius 2 is 1.55 bits per heavy atom. The average Bonchev–Trinajstić information content (AvgIpc) is 2.70. The molecule has 148 valence electrons. The Kier molecular flexibility index (Phi) is 6.09. The quantitative estimate of drug-likeness (QED) is 0.627. The number of para-hydroxylation sites is 2. The Bertz CT molecular complexity index is 1050. The number of carbonyl (C=O) groups excluding carboxylic acids is 2. The van der Waals surface area contributed by atoms with Gasteiger partial charge in [0.05, 0.1) is 7.11 Å². The van der Waals surface area contributed by atoms with Crippen LogP contribution >= 0.6 is 0 Å². The van der Waals surface area contributed by atoms with Crippen molar-refractivity contribution in [1.82, 2.24) is 0 Å². The highest BCUT2D eigenvalue weighted by Gasteiger charge is 2.12. The molecule has 3 aromatic carbocycles. The molecule has 6 nitrogen and oxygen atoms in total. The molecular formula is C22H19FN2O4. The van der Waals surface area contributed by atoms with Crippen molar-refractivity contribution in [2.45, 2.75) is 6.92 Å². The molecule has 0 saturated heterocycles. The van der Waals surface area contributed by atoms with E-state index in [0.29, 0.717) is 22.7 Å². The third kappa shape index (κ3) is 5.10. The molecule has 0 aliphatic carbocycles. The SMILES string of the molecule is COc1ccccc1Oc1ccc(NC(=O)c2cccc(NC(C)=O)c2)cc1F. The number of amides is 2. The molecule has 0 fully saturated rings. The molecule has 0 heterocycles. The first-order chi connectivity index (χ1) is 14.0. The van der Waals surface area contributed by atoms with Crippen molar-refractivity contribution in [3.63, 3.8) is 0 Å². The van der Waals surface area contributed by atoms with Crippen molar-refractivity contribution >= 4 is 23.2 Å². The Labute approximate surface area is 167 Å². The predicted octanol–water partition coefficient (Wildman–Crippen LogP) is 4.84. The molecule has 0 bridgehead atoms. The lowest BCUT2D eigenvalue weighted by molar-refractivity contribution is -0.114. The van der Waals surface area contributed by atoms with Gasteiger partial charge in [-0.3, -0.25) is 9.59 Å². The molecule has 0 aliphatic heterocycles. The lowest BCUT2D eigenvalue weighted by Crippen LogP contribution is -2.13. The van der Waals surface area contributed by atoms with Crippen LogP contribution in [0.3, 0.4) is 0 Å². The summed E-state index contributed by atoms with van der Waals surface area (Å²) in [5, 5.41) is 5.23. The van der Waals surface area contributed by atoms with Crippen molar-refractivity contribution < 1.29 is 23.5 Å². The van der Waals surface area contributed by atoms with Gasteiger partial charge in [-0.05, 0) is 42.5 Å². The molecular weight excluding hydrogens is 375 g/mol. The molecule has 0 atom stereocenters. The van der Waals surface area contributed by atoms with Gasteiger partial charge < -0.3 is 20.1 Å². The molecule has 0 aromatic heterocycles. The first-order valence-electron chi connectivity index (χ1n) is 8.75. The molecule has 7 heteroatoms. The minimum absolute atomic E-state index is 0.000143. The second-order valence-corrected chi connectivity index (χ2v) is 6.11. The largest absolute Gasteiger partial charge is 0.493 e. The lowest BCUT2D eigenvalue weighted by atomic mass is 10.1. The van der Waals surface area contributed by atoms with Crippen LogP contribution in [0.2, 0.25) is 0 Å². The van der Waals surface area contributed by atoms with Gasteiger partial charge in [-0.2, -0.15) is 0 Å². The van der Waals surface area contributed by atoms with Crippen LogP contribution in [0.25, 0.3) is 0 Å². The number of anilines is 2. The maximum Gasteiger partial charge on any atom is 0.255 e. The van der Waals surface area contributed by atoms with Crippen LogP contribution in [0.15, 0.2) is 66.7 Å². The fourth-order valence-electron chi connectivity index (χ4n) is 2.63. The van der Waals surface area contributed by atoms with Crippen LogP contribution in [0.4, 0.5) is 15.8 Å². The summed E-state index contributed by atoms with van der Waals surface area (Å²) in [7, 11) is 1.50. The van der Waals surface area contributed by atoms with Gasteiger partial charge in [-0.25, -0.2) is 4.39 Å². The molecule has 0 spiro atoms. The van der Waals surface area contributed by atoms with Crippen LogP contribution < -0.4 is 20.1 Å². The molecule has 3 aromatic rings. The van der Waals surface area contributed by atoms with Crippen molar-refractivity contribution in [2.75, 3.05) is 17.7 Å². The number of methoxy groups -OCH3 is 1. The first-order valence-corrected chi connectivity index (χ1v) is 8.75. The normalized spacial score (nSPS) is 10.2. The third-order valence-electron chi connectivity index (χ3n) is 3.92. The molecule has 2 N–H and O–H groups in total. The van der Waals surface area contributed by atoms with Gasteiger partial charge >= 0.3 is 0 Å².